The molecule has 4 aliphatic rings. The van der Waals surface area contributed by atoms with Crippen molar-refractivity contribution >= 4 is 0 Å². The highest BCUT2D eigenvalue weighted by Gasteiger charge is 2.59. The molecule has 2 unspecified atom stereocenters. The van der Waals surface area contributed by atoms with Crippen LogP contribution in [0.15, 0.2) is 48.5 Å². The van der Waals surface area contributed by atoms with Crippen molar-refractivity contribution < 1.29 is 9.47 Å². The molecule has 166 valence electrons. The summed E-state index contributed by atoms with van der Waals surface area (Å²) >= 11 is 0. The zero-order valence-electron chi connectivity index (χ0n) is 19.4. The van der Waals surface area contributed by atoms with Crippen LogP contribution in [-0.4, -0.2) is 12.1 Å². The van der Waals surface area contributed by atoms with Crippen molar-refractivity contribution in [2.45, 2.75) is 78.0 Å². The Kier molecular flexibility index (Phi) is 5.29. The molecule has 4 bridgehead atoms. The fraction of sp³-hybridized carbons (Fsp3) is 0.571. The van der Waals surface area contributed by atoms with Crippen LogP contribution in [0.25, 0.3) is 0 Å². The fourth-order valence-electron chi connectivity index (χ4n) is 7.72. The number of nitrogens with one attached hydrogen (secondary N) is 1. The lowest BCUT2D eigenvalue weighted by Gasteiger charge is -2.65. The van der Waals surface area contributed by atoms with Crippen LogP contribution in [0, 0.1) is 16.7 Å². The molecular formula is C28H37NO2. The number of ether oxygens (including phenoxy) is 2. The summed E-state index contributed by atoms with van der Waals surface area (Å²) in [6.07, 6.45) is 8.32. The third-order valence-corrected chi connectivity index (χ3v) is 7.84. The van der Waals surface area contributed by atoms with Crippen LogP contribution in [0.1, 0.15) is 70.4 Å². The number of benzene rings is 2. The normalized spacial score (nSPS) is 33.5. The molecule has 31 heavy (non-hydrogen) atoms. The molecule has 4 aliphatic carbocycles. The zero-order chi connectivity index (χ0) is 21.5. The highest BCUT2D eigenvalue weighted by Crippen LogP contribution is 2.66. The zero-order valence-corrected chi connectivity index (χ0v) is 19.4. The molecular weight excluding hydrogens is 382 g/mol. The highest BCUT2D eigenvalue weighted by molar-refractivity contribution is 5.43. The van der Waals surface area contributed by atoms with Crippen molar-refractivity contribution in [2.75, 3.05) is 6.61 Å². The SMILES string of the molecule is CCOc1cc(CNC23CC4C[C@@](C)(C2)C[C@](C)(C4)C3)ccc1OCc1ccccc1. The molecule has 2 aromatic carbocycles. The predicted molar refractivity (Wildman–Crippen MR) is 125 cm³/mol. The monoisotopic (exact) mass is 419 g/mol. The van der Waals surface area contributed by atoms with Crippen molar-refractivity contribution in [1.82, 2.24) is 5.32 Å². The van der Waals surface area contributed by atoms with Gasteiger partial charge in [0.2, 0.25) is 0 Å². The first-order valence-corrected chi connectivity index (χ1v) is 12.1. The maximum Gasteiger partial charge on any atom is 0.161 e. The molecule has 4 saturated carbocycles. The van der Waals surface area contributed by atoms with Gasteiger partial charge < -0.3 is 14.8 Å². The van der Waals surface area contributed by atoms with Gasteiger partial charge in [0, 0.05) is 12.1 Å². The molecule has 0 saturated heterocycles. The highest BCUT2D eigenvalue weighted by atomic mass is 16.5. The van der Waals surface area contributed by atoms with Gasteiger partial charge in [0.15, 0.2) is 11.5 Å². The largest absolute Gasteiger partial charge is 0.490 e. The Morgan fingerprint density at radius 1 is 0.839 bits per heavy atom. The van der Waals surface area contributed by atoms with Crippen LogP contribution in [0.4, 0.5) is 0 Å². The number of hydrogen-bond donors (Lipinski definition) is 1. The van der Waals surface area contributed by atoms with Crippen LogP contribution in [-0.2, 0) is 13.2 Å². The van der Waals surface area contributed by atoms with Crippen LogP contribution >= 0.6 is 0 Å². The average Bonchev–Trinajstić information content (AvgIpc) is 2.70. The average molecular weight is 420 g/mol. The molecule has 4 fully saturated rings. The third-order valence-electron chi connectivity index (χ3n) is 7.84. The maximum absolute atomic E-state index is 6.09. The molecule has 6 rings (SSSR count). The topological polar surface area (TPSA) is 30.5 Å². The summed E-state index contributed by atoms with van der Waals surface area (Å²) in [7, 11) is 0. The summed E-state index contributed by atoms with van der Waals surface area (Å²) in [4.78, 5) is 0. The van der Waals surface area contributed by atoms with Crippen molar-refractivity contribution in [3.8, 4) is 11.5 Å². The van der Waals surface area contributed by atoms with Crippen LogP contribution in [0.3, 0.4) is 0 Å². The lowest BCUT2D eigenvalue weighted by atomic mass is 9.43. The smallest absolute Gasteiger partial charge is 0.161 e. The third kappa shape index (κ3) is 4.35. The first-order chi connectivity index (χ1) is 14.9. The Balaban J connectivity index is 1.28. The minimum absolute atomic E-state index is 0.317. The summed E-state index contributed by atoms with van der Waals surface area (Å²) in [6, 6.07) is 16.7. The van der Waals surface area contributed by atoms with E-state index in [2.05, 4.69) is 49.5 Å². The van der Waals surface area contributed by atoms with E-state index in [0.29, 0.717) is 29.6 Å². The molecule has 3 nitrogen and oxygen atoms in total. The van der Waals surface area contributed by atoms with Gasteiger partial charge in [0.1, 0.15) is 6.61 Å². The molecule has 0 aliphatic heterocycles. The van der Waals surface area contributed by atoms with Crippen LogP contribution in [0.5, 0.6) is 11.5 Å². The minimum atomic E-state index is 0.317. The van der Waals surface area contributed by atoms with E-state index in [4.69, 9.17) is 9.47 Å². The molecule has 0 radical (unpaired) electrons. The Morgan fingerprint density at radius 3 is 2.26 bits per heavy atom. The molecule has 0 heterocycles. The van der Waals surface area contributed by atoms with E-state index in [1.807, 2.05) is 25.1 Å². The second-order valence-corrected chi connectivity index (χ2v) is 11.3. The van der Waals surface area contributed by atoms with Crippen molar-refractivity contribution in [3.05, 3.63) is 59.7 Å². The lowest BCUT2D eigenvalue weighted by molar-refractivity contribution is -0.118. The van der Waals surface area contributed by atoms with Gasteiger partial charge in [-0.15, -0.1) is 0 Å². The molecule has 1 N–H and O–H groups in total. The van der Waals surface area contributed by atoms with E-state index in [1.165, 1.54) is 49.7 Å². The predicted octanol–water partition coefficient (Wildman–Crippen LogP) is 6.50. The second-order valence-electron chi connectivity index (χ2n) is 11.3. The van der Waals surface area contributed by atoms with Gasteiger partial charge >= 0.3 is 0 Å². The Labute approximate surface area is 187 Å². The maximum atomic E-state index is 6.09. The molecule has 0 amide bonds. The summed E-state index contributed by atoms with van der Waals surface area (Å²) < 4.78 is 12.0. The summed E-state index contributed by atoms with van der Waals surface area (Å²) in [5, 5.41) is 4.04. The molecule has 0 aromatic heterocycles. The standard InChI is InChI=1S/C28H37NO2/c1-4-30-25-12-22(10-11-24(25)31-17-21-8-6-5-7-9-21)16-29-28-15-23-13-26(2,19-28)18-27(3,14-23)20-28/h5-12,23,29H,4,13-20H2,1-3H3/t23?,26-,27+,28?. The van der Waals surface area contributed by atoms with Crippen molar-refractivity contribution in [3.63, 3.8) is 0 Å². The quantitative estimate of drug-likeness (QED) is 0.529. The van der Waals surface area contributed by atoms with Gasteiger partial charge in [-0.2, -0.15) is 0 Å². The van der Waals surface area contributed by atoms with Gasteiger partial charge in [-0.25, -0.2) is 0 Å². The first-order valence-electron chi connectivity index (χ1n) is 12.1. The van der Waals surface area contributed by atoms with E-state index in [-0.39, 0.29) is 0 Å². The summed E-state index contributed by atoms with van der Waals surface area (Å²) in [5.41, 5.74) is 3.83. The molecule has 2 aromatic rings. The van der Waals surface area contributed by atoms with Crippen LogP contribution < -0.4 is 14.8 Å². The van der Waals surface area contributed by atoms with Crippen molar-refractivity contribution in [1.29, 1.82) is 0 Å². The van der Waals surface area contributed by atoms with Gasteiger partial charge in [-0.05, 0) is 85.5 Å². The van der Waals surface area contributed by atoms with Gasteiger partial charge in [-0.1, -0.05) is 50.2 Å². The lowest BCUT2D eigenvalue weighted by Crippen LogP contribution is -2.63. The molecule has 0 spiro atoms. The second kappa shape index (κ2) is 7.85. The van der Waals surface area contributed by atoms with E-state index in [1.54, 1.807) is 0 Å². The van der Waals surface area contributed by atoms with Gasteiger partial charge in [-0.3, -0.25) is 0 Å². The molecule has 3 heteroatoms. The Hall–Kier alpha value is -2.00. The Morgan fingerprint density at radius 2 is 1.58 bits per heavy atom. The van der Waals surface area contributed by atoms with E-state index in [9.17, 15) is 0 Å². The van der Waals surface area contributed by atoms with Crippen LogP contribution in [0.2, 0.25) is 0 Å². The number of rotatable bonds is 8. The van der Waals surface area contributed by atoms with E-state index in [0.717, 1.165) is 24.0 Å². The van der Waals surface area contributed by atoms with E-state index < -0.39 is 0 Å². The van der Waals surface area contributed by atoms with Crippen molar-refractivity contribution in [2.24, 2.45) is 16.7 Å². The summed E-state index contributed by atoms with van der Waals surface area (Å²) in [6.45, 7) is 9.21. The Bertz CT molecular complexity index is 906. The summed E-state index contributed by atoms with van der Waals surface area (Å²) in [5.74, 6) is 2.58. The first kappa shape index (κ1) is 20.9. The van der Waals surface area contributed by atoms with Gasteiger partial charge in [0.25, 0.3) is 0 Å². The molecule has 4 atom stereocenters. The van der Waals surface area contributed by atoms with E-state index >= 15 is 0 Å². The fourth-order valence-corrected chi connectivity index (χ4v) is 7.72. The minimum Gasteiger partial charge on any atom is -0.490 e. The number of hydrogen-bond acceptors (Lipinski definition) is 3. The van der Waals surface area contributed by atoms with Gasteiger partial charge in [0.05, 0.1) is 6.61 Å².